The quantitative estimate of drug-likeness (QED) is 0.523. The van der Waals surface area contributed by atoms with Crippen molar-refractivity contribution in [3.8, 4) is 11.1 Å². The molecule has 178 valence electrons. The van der Waals surface area contributed by atoms with Gasteiger partial charge in [-0.05, 0) is 48.9 Å². The zero-order valence-corrected chi connectivity index (χ0v) is 19.6. The summed E-state index contributed by atoms with van der Waals surface area (Å²) >= 11 is 0. The van der Waals surface area contributed by atoms with Gasteiger partial charge in [0.2, 0.25) is 11.8 Å². The first kappa shape index (κ1) is 23.8. The van der Waals surface area contributed by atoms with Crippen molar-refractivity contribution < 1.29 is 18.5 Å². The molecule has 1 aromatic heterocycles. The van der Waals surface area contributed by atoms with Gasteiger partial charge in [-0.3, -0.25) is 9.59 Å². The van der Waals surface area contributed by atoms with E-state index in [1.807, 2.05) is 32.0 Å². The standard InChI is InChI=1S/C26H29FN4O3/c1-15(2)18-11-12-19(23(24(18)27)17-8-5-4-6-9-17)25(30-26(33)20-10-7-13-28-20)21(32)14-22-29-16(3)31-34-22/h4-6,8-9,11-12,15,20,25,28H,7,10,13-14H2,1-3H3,(H,30,33). The first-order chi connectivity index (χ1) is 16.3. The van der Waals surface area contributed by atoms with E-state index in [4.69, 9.17) is 4.52 Å². The van der Waals surface area contributed by atoms with Gasteiger partial charge in [-0.2, -0.15) is 4.98 Å². The van der Waals surface area contributed by atoms with Crippen LogP contribution in [-0.2, 0) is 16.0 Å². The Balaban J connectivity index is 1.80. The lowest BCUT2D eigenvalue weighted by Crippen LogP contribution is -2.44. The smallest absolute Gasteiger partial charge is 0.237 e. The van der Waals surface area contributed by atoms with Crippen LogP contribution in [-0.4, -0.2) is 34.4 Å². The molecule has 0 bridgehead atoms. The van der Waals surface area contributed by atoms with E-state index in [9.17, 15) is 9.59 Å². The van der Waals surface area contributed by atoms with Gasteiger partial charge in [0.1, 0.15) is 11.9 Å². The minimum Gasteiger partial charge on any atom is -0.341 e. The maximum atomic E-state index is 15.9. The summed E-state index contributed by atoms with van der Waals surface area (Å²) in [4.78, 5) is 30.6. The first-order valence-corrected chi connectivity index (χ1v) is 11.6. The zero-order chi connectivity index (χ0) is 24.2. The lowest BCUT2D eigenvalue weighted by molar-refractivity contribution is -0.128. The monoisotopic (exact) mass is 464 g/mol. The van der Waals surface area contributed by atoms with E-state index >= 15 is 4.39 Å². The molecule has 2 atom stereocenters. The number of amides is 1. The highest BCUT2D eigenvalue weighted by atomic mass is 19.1. The molecular formula is C26H29FN4O3. The van der Waals surface area contributed by atoms with Crippen molar-refractivity contribution in [2.45, 2.75) is 58.0 Å². The van der Waals surface area contributed by atoms with Crippen molar-refractivity contribution in [1.82, 2.24) is 20.8 Å². The van der Waals surface area contributed by atoms with Gasteiger partial charge in [0.25, 0.3) is 0 Å². The lowest BCUT2D eigenvalue weighted by atomic mass is 9.87. The fraction of sp³-hybridized carbons (Fsp3) is 0.385. The van der Waals surface area contributed by atoms with Crippen molar-refractivity contribution in [3.05, 3.63) is 71.1 Å². The van der Waals surface area contributed by atoms with E-state index in [0.29, 0.717) is 34.5 Å². The molecule has 1 fully saturated rings. The van der Waals surface area contributed by atoms with Crippen LogP contribution in [0.15, 0.2) is 47.0 Å². The molecule has 2 heterocycles. The predicted octanol–water partition coefficient (Wildman–Crippen LogP) is 4.03. The Labute approximate surface area is 198 Å². The molecule has 0 spiro atoms. The normalized spacial score (nSPS) is 16.6. The van der Waals surface area contributed by atoms with Crippen molar-refractivity contribution in [2.75, 3.05) is 6.54 Å². The third kappa shape index (κ3) is 5.07. The maximum Gasteiger partial charge on any atom is 0.237 e. The van der Waals surface area contributed by atoms with Crippen LogP contribution in [0.3, 0.4) is 0 Å². The number of hydrogen-bond acceptors (Lipinski definition) is 6. The highest BCUT2D eigenvalue weighted by Crippen LogP contribution is 2.36. The second-order valence-electron chi connectivity index (χ2n) is 8.92. The number of benzene rings is 2. The SMILES string of the molecule is Cc1noc(CC(=O)C(NC(=O)C2CCCN2)c2ccc(C(C)C)c(F)c2-c2ccccc2)n1. The largest absolute Gasteiger partial charge is 0.341 e. The second kappa shape index (κ2) is 10.3. The third-order valence-corrected chi connectivity index (χ3v) is 6.08. The average Bonchev–Trinajstić information content (AvgIpc) is 3.49. The van der Waals surface area contributed by atoms with Gasteiger partial charge >= 0.3 is 0 Å². The van der Waals surface area contributed by atoms with E-state index in [2.05, 4.69) is 20.8 Å². The van der Waals surface area contributed by atoms with E-state index < -0.39 is 11.9 Å². The fourth-order valence-electron chi connectivity index (χ4n) is 4.34. The van der Waals surface area contributed by atoms with E-state index in [-0.39, 0.29) is 36.0 Å². The number of nitrogens with one attached hydrogen (secondary N) is 2. The van der Waals surface area contributed by atoms with E-state index in [1.54, 1.807) is 31.2 Å². The Morgan fingerprint density at radius 2 is 1.91 bits per heavy atom. The molecule has 34 heavy (non-hydrogen) atoms. The number of nitrogens with zero attached hydrogens (tertiary/aromatic N) is 2. The third-order valence-electron chi connectivity index (χ3n) is 6.08. The highest BCUT2D eigenvalue weighted by molar-refractivity contribution is 5.94. The number of aryl methyl sites for hydroxylation is 1. The zero-order valence-electron chi connectivity index (χ0n) is 19.6. The summed E-state index contributed by atoms with van der Waals surface area (Å²) in [6.45, 7) is 6.24. The van der Waals surface area contributed by atoms with E-state index in [0.717, 1.165) is 13.0 Å². The topological polar surface area (TPSA) is 97.1 Å². The first-order valence-electron chi connectivity index (χ1n) is 11.6. The molecule has 0 saturated carbocycles. The van der Waals surface area contributed by atoms with Crippen LogP contribution in [0.5, 0.6) is 0 Å². The van der Waals surface area contributed by atoms with E-state index in [1.165, 1.54) is 0 Å². The molecule has 0 aliphatic carbocycles. The van der Waals surface area contributed by atoms with Crippen LogP contribution in [0.25, 0.3) is 11.1 Å². The lowest BCUT2D eigenvalue weighted by Gasteiger charge is -2.24. The average molecular weight is 465 g/mol. The molecule has 1 aliphatic heterocycles. The summed E-state index contributed by atoms with van der Waals surface area (Å²) in [5, 5.41) is 9.77. The van der Waals surface area contributed by atoms with Crippen LogP contribution in [0.2, 0.25) is 0 Å². The molecule has 1 saturated heterocycles. The van der Waals surface area contributed by atoms with Crippen LogP contribution in [0, 0.1) is 12.7 Å². The molecular weight excluding hydrogens is 435 g/mol. The molecule has 0 radical (unpaired) electrons. The van der Waals surface area contributed by atoms with Gasteiger partial charge in [0, 0.05) is 5.56 Å². The van der Waals surface area contributed by atoms with Gasteiger partial charge in [0.05, 0.1) is 12.5 Å². The van der Waals surface area contributed by atoms with Crippen molar-refractivity contribution in [1.29, 1.82) is 0 Å². The van der Waals surface area contributed by atoms with Crippen molar-refractivity contribution in [3.63, 3.8) is 0 Å². The van der Waals surface area contributed by atoms with Gasteiger partial charge in [-0.25, -0.2) is 4.39 Å². The van der Waals surface area contributed by atoms with Gasteiger partial charge < -0.3 is 15.2 Å². The summed E-state index contributed by atoms with van der Waals surface area (Å²) in [5.41, 5.74) is 1.90. The molecule has 2 aromatic carbocycles. The van der Waals surface area contributed by atoms with Crippen molar-refractivity contribution >= 4 is 11.7 Å². The molecule has 7 nitrogen and oxygen atoms in total. The molecule has 8 heteroatoms. The van der Waals surface area contributed by atoms with Gasteiger partial charge in [-0.1, -0.05) is 61.5 Å². The minimum absolute atomic E-state index is 0.0516. The van der Waals surface area contributed by atoms with Crippen LogP contribution in [0.1, 0.15) is 61.5 Å². The number of ketones is 1. The van der Waals surface area contributed by atoms with Crippen LogP contribution in [0.4, 0.5) is 4.39 Å². The summed E-state index contributed by atoms with van der Waals surface area (Å²) in [5.74, 6) is -0.520. The Morgan fingerprint density at radius 1 is 1.18 bits per heavy atom. The predicted molar refractivity (Wildman–Crippen MR) is 126 cm³/mol. The van der Waals surface area contributed by atoms with Crippen molar-refractivity contribution in [2.24, 2.45) is 0 Å². The summed E-state index contributed by atoms with van der Waals surface area (Å²) in [7, 11) is 0. The fourth-order valence-corrected chi connectivity index (χ4v) is 4.34. The Bertz CT molecular complexity index is 1170. The maximum absolute atomic E-state index is 15.9. The Kier molecular flexibility index (Phi) is 7.17. The molecule has 2 unspecified atom stereocenters. The number of carbonyl (C=O) groups excluding carboxylic acids is 2. The highest BCUT2D eigenvalue weighted by Gasteiger charge is 2.32. The number of hydrogen-bond donors (Lipinski definition) is 2. The van der Waals surface area contributed by atoms with Crippen LogP contribution >= 0.6 is 0 Å². The number of Topliss-reactive ketones (excluding diaryl/α,β-unsaturated/α-hetero) is 1. The number of aromatic nitrogens is 2. The van der Waals surface area contributed by atoms with Crippen LogP contribution < -0.4 is 10.6 Å². The number of halogens is 1. The molecule has 2 N–H and O–H groups in total. The summed E-state index contributed by atoms with van der Waals surface area (Å²) in [6, 6.07) is 11.1. The molecule has 4 rings (SSSR count). The Morgan fingerprint density at radius 3 is 2.53 bits per heavy atom. The molecule has 1 amide bonds. The van der Waals surface area contributed by atoms with Gasteiger partial charge in [0.15, 0.2) is 11.6 Å². The number of rotatable bonds is 8. The molecule has 3 aromatic rings. The second-order valence-corrected chi connectivity index (χ2v) is 8.92. The van der Waals surface area contributed by atoms with Gasteiger partial charge in [-0.15, -0.1) is 0 Å². The summed E-state index contributed by atoms with van der Waals surface area (Å²) < 4.78 is 21.0. The number of carbonyl (C=O) groups is 2. The molecule has 1 aliphatic rings. The summed E-state index contributed by atoms with van der Waals surface area (Å²) in [6.07, 6.45) is 1.39. The minimum atomic E-state index is -1.08. The Hall–Kier alpha value is -3.39.